The highest BCUT2D eigenvalue weighted by molar-refractivity contribution is 5.74. The van der Waals surface area contributed by atoms with E-state index in [1.54, 1.807) is 4.90 Å². The summed E-state index contributed by atoms with van der Waals surface area (Å²) in [6.07, 6.45) is 0.606. The third kappa shape index (κ3) is 6.57. The van der Waals surface area contributed by atoms with E-state index in [9.17, 15) is 4.79 Å². The molecule has 0 aliphatic rings. The van der Waals surface area contributed by atoms with Crippen molar-refractivity contribution in [1.29, 1.82) is 0 Å². The van der Waals surface area contributed by atoms with E-state index >= 15 is 0 Å². The number of hydrogen-bond acceptors (Lipinski definition) is 2. The lowest BCUT2D eigenvalue weighted by Crippen LogP contribution is -2.44. The molecule has 20 heavy (non-hydrogen) atoms. The van der Waals surface area contributed by atoms with E-state index in [1.807, 2.05) is 30.3 Å². The number of aliphatic hydroxyl groups is 1. The Balaban J connectivity index is 2.54. The highest BCUT2D eigenvalue weighted by Crippen LogP contribution is 2.15. The molecule has 0 radical (unpaired) electrons. The molecule has 0 aliphatic heterocycles. The molecule has 0 atom stereocenters. The van der Waals surface area contributed by atoms with E-state index < -0.39 is 0 Å². The minimum atomic E-state index is -0.0720. The van der Waals surface area contributed by atoms with Crippen molar-refractivity contribution in [3.8, 4) is 0 Å². The fourth-order valence-electron chi connectivity index (χ4n) is 1.97. The van der Waals surface area contributed by atoms with Crippen LogP contribution in [0.4, 0.5) is 4.79 Å². The molecule has 0 saturated carbocycles. The largest absolute Gasteiger partial charge is 0.396 e. The summed E-state index contributed by atoms with van der Waals surface area (Å²) in [5, 5.41) is 11.9. The molecule has 1 aromatic rings. The number of urea groups is 1. The molecule has 2 N–H and O–H groups in total. The first-order valence-electron chi connectivity index (χ1n) is 7.10. The molecule has 0 saturated heterocycles. The maximum Gasteiger partial charge on any atom is 0.317 e. The highest BCUT2D eigenvalue weighted by atomic mass is 16.3. The van der Waals surface area contributed by atoms with Crippen LogP contribution in [0.3, 0.4) is 0 Å². The second kappa shape index (κ2) is 7.90. The van der Waals surface area contributed by atoms with Crippen molar-refractivity contribution in [1.82, 2.24) is 10.2 Å². The zero-order valence-corrected chi connectivity index (χ0v) is 12.7. The Labute approximate surface area is 121 Å². The number of nitrogens with one attached hydrogen (secondary N) is 1. The number of amides is 2. The van der Waals surface area contributed by atoms with Gasteiger partial charge in [0.2, 0.25) is 0 Å². The highest BCUT2D eigenvalue weighted by Gasteiger charge is 2.20. The Morgan fingerprint density at radius 1 is 1.25 bits per heavy atom. The average Bonchev–Trinajstić information content (AvgIpc) is 2.40. The Morgan fingerprint density at radius 3 is 2.45 bits per heavy atom. The maximum atomic E-state index is 12.2. The van der Waals surface area contributed by atoms with E-state index in [4.69, 9.17) is 5.11 Å². The lowest BCUT2D eigenvalue weighted by Gasteiger charge is -2.30. The molecular formula is C16H26N2O2. The zero-order chi connectivity index (χ0) is 15.0. The Kier molecular flexibility index (Phi) is 6.52. The number of aliphatic hydroxyl groups excluding tert-OH is 1. The van der Waals surface area contributed by atoms with Crippen LogP contribution < -0.4 is 5.32 Å². The molecule has 2 amide bonds. The number of benzene rings is 1. The molecule has 4 heteroatoms. The predicted molar refractivity (Wildman–Crippen MR) is 81.4 cm³/mol. The van der Waals surface area contributed by atoms with E-state index in [-0.39, 0.29) is 18.1 Å². The average molecular weight is 278 g/mol. The van der Waals surface area contributed by atoms with E-state index in [1.165, 1.54) is 0 Å². The van der Waals surface area contributed by atoms with Crippen molar-refractivity contribution in [2.45, 2.75) is 33.7 Å². The molecule has 0 fully saturated rings. The first kappa shape index (κ1) is 16.5. The summed E-state index contributed by atoms with van der Waals surface area (Å²) < 4.78 is 0. The third-order valence-electron chi connectivity index (χ3n) is 2.83. The Bertz CT molecular complexity index is 399. The molecule has 0 aromatic heterocycles. The molecule has 112 valence electrons. The SMILES string of the molecule is CC(C)(C)CN(CCCO)C(=O)NCc1ccccc1. The van der Waals surface area contributed by atoms with Gasteiger partial charge in [0.1, 0.15) is 0 Å². The van der Waals surface area contributed by atoms with Crippen molar-refractivity contribution in [3.63, 3.8) is 0 Å². The van der Waals surface area contributed by atoms with Crippen LogP contribution in [0, 0.1) is 5.41 Å². The lowest BCUT2D eigenvalue weighted by atomic mass is 9.96. The summed E-state index contributed by atoms with van der Waals surface area (Å²) in [4.78, 5) is 14.0. The second-order valence-corrected chi connectivity index (χ2v) is 6.20. The molecule has 4 nitrogen and oxygen atoms in total. The molecule has 0 bridgehead atoms. The van der Waals surface area contributed by atoms with Crippen LogP contribution in [0.2, 0.25) is 0 Å². The number of rotatable bonds is 6. The van der Waals surface area contributed by atoms with Crippen LogP contribution in [-0.2, 0) is 6.54 Å². The van der Waals surface area contributed by atoms with Gasteiger partial charge in [0, 0.05) is 26.2 Å². The van der Waals surface area contributed by atoms with Crippen LogP contribution in [0.5, 0.6) is 0 Å². The van der Waals surface area contributed by atoms with Gasteiger partial charge in [0.15, 0.2) is 0 Å². The topological polar surface area (TPSA) is 52.6 Å². The van der Waals surface area contributed by atoms with Gasteiger partial charge < -0.3 is 15.3 Å². The monoisotopic (exact) mass is 278 g/mol. The lowest BCUT2D eigenvalue weighted by molar-refractivity contribution is 0.164. The van der Waals surface area contributed by atoms with Crippen LogP contribution in [-0.4, -0.2) is 35.7 Å². The standard InChI is InChI=1S/C16H26N2O2/c1-16(2,3)13-18(10-7-11-19)15(20)17-12-14-8-5-4-6-9-14/h4-6,8-9,19H,7,10-13H2,1-3H3,(H,17,20). The minimum Gasteiger partial charge on any atom is -0.396 e. The van der Waals surface area contributed by atoms with Gasteiger partial charge in [-0.3, -0.25) is 0 Å². The summed E-state index contributed by atoms with van der Waals surface area (Å²) in [7, 11) is 0. The summed E-state index contributed by atoms with van der Waals surface area (Å²) >= 11 is 0. The minimum absolute atomic E-state index is 0.0412. The van der Waals surface area contributed by atoms with Crippen molar-refractivity contribution in [3.05, 3.63) is 35.9 Å². The number of hydrogen-bond donors (Lipinski definition) is 2. The Hall–Kier alpha value is -1.55. The van der Waals surface area contributed by atoms with Gasteiger partial charge in [0.05, 0.1) is 0 Å². The van der Waals surface area contributed by atoms with Gasteiger partial charge in [-0.15, -0.1) is 0 Å². The zero-order valence-electron chi connectivity index (χ0n) is 12.7. The van der Waals surface area contributed by atoms with Crippen molar-refractivity contribution >= 4 is 6.03 Å². The molecule has 0 spiro atoms. The van der Waals surface area contributed by atoms with Gasteiger partial charge in [0.25, 0.3) is 0 Å². The molecule has 0 heterocycles. The first-order chi connectivity index (χ1) is 9.42. The van der Waals surface area contributed by atoms with Crippen molar-refractivity contribution in [2.24, 2.45) is 5.41 Å². The molecule has 0 aliphatic carbocycles. The summed E-state index contributed by atoms with van der Waals surface area (Å²) in [5.41, 5.74) is 1.12. The molecule has 1 rings (SSSR count). The van der Waals surface area contributed by atoms with Crippen molar-refractivity contribution < 1.29 is 9.90 Å². The smallest absolute Gasteiger partial charge is 0.317 e. The predicted octanol–water partition coefficient (Wildman–Crippen LogP) is 2.63. The van der Waals surface area contributed by atoms with Gasteiger partial charge in [-0.2, -0.15) is 0 Å². The summed E-state index contributed by atoms with van der Waals surface area (Å²) in [5.74, 6) is 0. The normalized spacial score (nSPS) is 11.2. The van der Waals surface area contributed by atoms with E-state index in [0.717, 1.165) is 5.56 Å². The molecule has 1 aromatic carbocycles. The summed E-state index contributed by atoms with van der Waals surface area (Å²) in [6, 6.07) is 9.78. The number of nitrogens with zero attached hydrogens (tertiary/aromatic N) is 1. The van der Waals surface area contributed by atoms with Crippen LogP contribution >= 0.6 is 0 Å². The van der Waals surface area contributed by atoms with E-state index in [0.29, 0.717) is 26.1 Å². The van der Waals surface area contributed by atoms with Gasteiger partial charge in [-0.1, -0.05) is 51.1 Å². The van der Waals surface area contributed by atoms with Crippen LogP contribution in [0.25, 0.3) is 0 Å². The molecular weight excluding hydrogens is 252 g/mol. The quantitative estimate of drug-likeness (QED) is 0.840. The van der Waals surface area contributed by atoms with Gasteiger partial charge in [-0.05, 0) is 17.4 Å². The first-order valence-corrected chi connectivity index (χ1v) is 7.10. The summed E-state index contributed by atoms with van der Waals surface area (Å²) in [6.45, 7) is 8.18. The van der Waals surface area contributed by atoms with Gasteiger partial charge in [-0.25, -0.2) is 4.79 Å². The van der Waals surface area contributed by atoms with Crippen LogP contribution in [0.1, 0.15) is 32.8 Å². The molecule has 0 unspecified atom stereocenters. The van der Waals surface area contributed by atoms with Crippen molar-refractivity contribution in [2.75, 3.05) is 19.7 Å². The maximum absolute atomic E-state index is 12.2. The second-order valence-electron chi connectivity index (χ2n) is 6.20. The van der Waals surface area contributed by atoms with Crippen LogP contribution in [0.15, 0.2) is 30.3 Å². The fourth-order valence-corrected chi connectivity index (χ4v) is 1.97. The van der Waals surface area contributed by atoms with E-state index in [2.05, 4.69) is 26.1 Å². The Morgan fingerprint density at radius 2 is 1.90 bits per heavy atom. The number of carbonyl (C=O) groups is 1. The number of carbonyl (C=O) groups excluding carboxylic acids is 1. The fraction of sp³-hybridized carbons (Fsp3) is 0.562. The third-order valence-corrected chi connectivity index (χ3v) is 2.83. The van der Waals surface area contributed by atoms with Gasteiger partial charge >= 0.3 is 6.03 Å².